The average Bonchev–Trinajstić information content (AvgIpc) is 2.96. The molecule has 26 heavy (non-hydrogen) atoms. The molecule has 0 saturated carbocycles. The van der Waals surface area contributed by atoms with E-state index in [9.17, 15) is 0 Å². The van der Waals surface area contributed by atoms with Crippen molar-refractivity contribution in [1.82, 2.24) is 9.97 Å². The summed E-state index contributed by atoms with van der Waals surface area (Å²) in [7, 11) is 0. The second-order valence-electron chi connectivity index (χ2n) is 7.45. The van der Waals surface area contributed by atoms with Gasteiger partial charge in [0.15, 0.2) is 0 Å². The molecule has 0 unspecified atom stereocenters. The van der Waals surface area contributed by atoms with Gasteiger partial charge in [0.25, 0.3) is 0 Å². The third kappa shape index (κ3) is 3.92. The Bertz CT molecular complexity index is 709. The highest BCUT2D eigenvalue weighted by atomic mass is 15.3. The number of piperidine rings is 1. The lowest BCUT2D eigenvalue weighted by Gasteiger charge is -2.29. The predicted molar refractivity (Wildman–Crippen MR) is 108 cm³/mol. The average molecular weight is 351 g/mol. The number of anilines is 3. The lowest BCUT2D eigenvalue weighted by molar-refractivity contribution is 0.573. The molecule has 0 bridgehead atoms. The summed E-state index contributed by atoms with van der Waals surface area (Å²) in [5.41, 5.74) is 2.64. The van der Waals surface area contributed by atoms with Crippen LogP contribution in [0.1, 0.15) is 31.2 Å². The molecule has 2 fully saturated rings. The molecule has 2 aromatic rings. The van der Waals surface area contributed by atoms with E-state index in [1.165, 1.54) is 30.5 Å². The van der Waals surface area contributed by atoms with Gasteiger partial charge in [-0.1, -0.05) is 17.7 Å². The zero-order valence-electron chi connectivity index (χ0n) is 15.8. The zero-order valence-corrected chi connectivity index (χ0v) is 15.8. The van der Waals surface area contributed by atoms with Crippen LogP contribution >= 0.6 is 0 Å². The number of nitrogens with zero attached hydrogens (tertiary/aromatic N) is 5. The van der Waals surface area contributed by atoms with Crippen LogP contribution in [0.15, 0.2) is 36.7 Å². The van der Waals surface area contributed by atoms with Crippen LogP contribution < -0.4 is 14.7 Å². The van der Waals surface area contributed by atoms with Crippen molar-refractivity contribution < 1.29 is 0 Å². The predicted octanol–water partition coefficient (Wildman–Crippen LogP) is 3.49. The van der Waals surface area contributed by atoms with E-state index in [1.807, 2.05) is 0 Å². The van der Waals surface area contributed by atoms with Gasteiger partial charge in [0.05, 0.1) is 0 Å². The van der Waals surface area contributed by atoms with E-state index < -0.39 is 0 Å². The maximum Gasteiger partial charge on any atom is 0.134 e. The van der Waals surface area contributed by atoms with Gasteiger partial charge in [-0.2, -0.15) is 0 Å². The number of benzene rings is 1. The van der Waals surface area contributed by atoms with Crippen molar-refractivity contribution >= 4 is 17.3 Å². The first-order chi connectivity index (χ1) is 12.8. The molecule has 4 rings (SSSR count). The maximum absolute atomic E-state index is 4.58. The number of hydrogen-bond acceptors (Lipinski definition) is 5. The summed E-state index contributed by atoms with van der Waals surface area (Å²) < 4.78 is 0. The minimum absolute atomic E-state index is 1.00. The van der Waals surface area contributed by atoms with E-state index in [0.717, 1.165) is 57.3 Å². The molecule has 5 heteroatoms. The lowest BCUT2D eigenvalue weighted by atomic mass is 10.1. The second kappa shape index (κ2) is 7.94. The summed E-state index contributed by atoms with van der Waals surface area (Å²) in [6, 6.07) is 11.1. The van der Waals surface area contributed by atoms with E-state index in [4.69, 9.17) is 0 Å². The molecule has 0 atom stereocenters. The second-order valence-corrected chi connectivity index (χ2v) is 7.45. The molecular formula is C21H29N5. The fourth-order valence-electron chi connectivity index (χ4n) is 3.97. The SMILES string of the molecule is Cc1ccc(N2CCCN(c3cc(N4CCCCC4)ncn3)CC2)cc1. The molecule has 0 spiro atoms. The fourth-order valence-corrected chi connectivity index (χ4v) is 3.97. The summed E-state index contributed by atoms with van der Waals surface area (Å²) in [6.45, 7) is 8.58. The van der Waals surface area contributed by atoms with Gasteiger partial charge >= 0.3 is 0 Å². The molecule has 1 aromatic carbocycles. The highest BCUT2D eigenvalue weighted by molar-refractivity contribution is 5.52. The van der Waals surface area contributed by atoms with E-state index in [2.05, 4.69) is 61.9 Å². The van der Waals surface area contributed by atoms with Crippen LogP contribution in [0.3, 0.4) is 0 Å². The Balaban J connectivity index is 1.44. The quantitative estimate of drug-likeness (QED) is 0.846. The van der Waals surface area contributed by atoms with E-state index in [1.54, 1.807) is 6.33 Å². The minimum Gasteiger partial charge on any atom is -0.370 e. The fraction of sp³-hybridized carbons (Fsp3) is 0.524. The highest BCUT2D eigenvalue weighted by Crippen LogP contribution is 2.23. The molecule has 2 aliphatic heterocycles. The molecule has 0 amide bonds. The van der Waals surface area contributed by atoms with Crippen molar-refractivity contribution in [1.29, 1.82) is 0 Å². The summed E-state index contributed by atoms with van der Waals surface area (Å²) in [6.07, 6.45) is 6.78. The monoisotopic (exact) mass is 351 g/mol. The molecule has 138 valence electrons. The topological polar surface area (TPSA) is 35.5 Å². The molecule has 0 N–H and O–H groups in total. The maximum atomic E-state index is 4.58. The van der Waals surface area contributed by atoms with Gasteiger partial charge in [0.1, 0.15) is 18.0 Å². The summed E-state index contributed by atoms with van der Waals surface area (Å²) in [5.74, 6) is 2.17. The number of rotatable bonds is 3. The zero-order chi connectivity index (χ0) is 17.8. The molecule has 2 saturated heterocycles. The molecular weight excluding hydrogens is 322 g/mol. The van der Waals surface area contributed by atoms with Gasteiger partial charge in [0.2, 0.25) is 0 Å². The number of aromatic nitrogens is 2. The van der Waals surface area contributed by atoms with Gasteiger partial charge in [-0.3, -0.25) is 0 Å². The first-order valence-electron chi connectivity index (χ1n) is 9.93. The number of hydrogen-bond donors (Lipinski definition) is 0. The third-order valence-electron chi connectivity index (χ3n) is 5.54. The smallest absolute Gasteiger partial charge is 0.134 e. The van der Waals surface area contributed by atoms with Gasteiger partial charge in [-0.05, 0) is 44.7 Å². The summed E-state index contributed by atoms with van der Waals surface area (Å²) in [5, 5.41) is 0. The molecule has 0 aliphatic carbocycles. The van der Waals surface area contributed by atoms with Crippen LogP contribution in [-0.2, 0) is 0 Å². The van der Waals surface area contributed by atoms with Gasteiger partial charge in [-0.15, -0.1) is 0 Å². The minimum atomic E-state index is 1.00. The van der Waals surface area contributed by atoms with Crippen LogP contribution in [0.4, 0.5) is 17.3 Å². The van der Waals surface area contributed by atoms with Gasteiger partial charge in [0, 0.05) is 51.0 Å². The van der Waals surface area contributed by atoms with E-state index in [-0.39, 0.29) is 0 Å². The molecule has 0 radical (unpaired) electrons. The summed E-state index contributed by atoms with van der Waals surface area (Å²) >= 11 is 0. The van der Waals surface area contributed by atoms with E-state index in [0.29, 0.717) is 0 Å². The lowest BCUT2D eigenvalue weighted by Crippen LogP contribution is -2.32. The summed E-state index contributed by atoms with van der Waals surface area (Å²) in [4.78, 5) is 16.4. The van der Waals surface area contributed by atoms with E-state index >= 15 is 0 Å². The standard InChI is InChI=1S/C21H29N5/c1-18-6-8-19(9-7-18)24-12-5-13-26(15-14-24)21-16-20(22-17-23-21)25-10-3-2-4-11-25/h6-9,16-17H,2-5,10-15H2,1H3. The molecule has 2 aliphatic rings. The van der Waals surface area contributed by atoms with Gasteiger partial charge < -0.3 is 14.7 Å². The third-order valence-corrected chi connectivity index (χ3v) is 5.54. The van der Waals surface area contributed by atoms with Crippen molar-refractivity contribution in [2.45, 2.75) is 32.6 Å². The van der Waals surface area contributed by atoms with Crippen LogP contribution in [0.2, 0.25) is 0 Å². The molecule has 5 nitrogen and oxygen atoms in total. The van der Waals surface area contributed by atoms with Crippen molar-refractivity contribution in [3.8, 4) is 0 Å². The van der Waals surface area contributed by atoms with Crippen molar-refractivity contribution in [2.24, 2.45) is 0 Å². The first-order valence-corrected chi connectivity index (χ1v) is 9.93. The largest absolute Gasteiger partial charge is 0.370 e. The van der Waals surface area contributed by atoms with Crippen LogP contribution in [0.5, 0.6) is 0 Å². The Morgan fingerprint density at radius 2 is 1.23 bits per heavy atom. The van der Waals surface area contributed by atoms with Crippen LogP contribution in [0, 0.1) is 6.92 Å². The van der Waals surface area contributed by atoms with Crippen LogP contribution in [-0.4, -0.2) is 49.2 Å². The van der Waals surface area contributed by atoms with Crippen molar-refractivity contribution in [3.63, 3.8) is 0 Å². The Labute approximate surface area is 156 Å². The van der Waals surface area contributed by atoms with Crippen LogP contribution in [0.25, 0.3) is 0 Å². The first kappa shape index (κ1) is 17.1. The molecule has 3 heterocycles. The Kier molecular flexibility index (Phi) is 5.23. The van der Waals surface area contributed by atoms with Crippen molar-refractivity contribution in [3.05, 3.63) is 42.2 Å². The highest BCUT2D eigenvalue weighted by Gasteiger charge is 2.18. The van der Waals surface area contributed by atoms with Crippen molar-refractivity contribution in [2.75, 3.05) is 54.0 Å². The molecule has 1 aromatic heterocycles. The van der Waals surface area contributed by atoms with Gasteiger partial charge in [-0.25, -0.2) is 9.97 Å². The Morgan fingerprint density at radius 3 is 1.96 bits per heavy atom. The number of aryl methyl sites for hydroxylation is 1. The normalized spacial score (nSPS) is 18.7. The Hall–Kier alpha value is -2.30. The Morgan fingerprint density at radius 1 is 0.654 bits per heavy atom.